The summed E-state index contributed by atoms with van der Waals surface area (Å²) in [4.78, 5) is 17.7. The highest BCUT2D eigenvalue weighted by atomic mass is 35.5. The molecule has 3 heterocycles. The Labute approximate surface area is 187 Å². The summed E-state index contributed by atoms with van der Waals surface area (Å²) in [5, 5.41) is 14.2. The van der Waals surface area contributed by atoms with Crippen LogP contribution in [0.5, 0.6) is 0 Å². The maximum atomic E-state index is 12.7. The van der Waals surface area contributed by atoms with Crippen LogP contribution < -0.4 is 5.32 Å². The van der Waals surface area contributed by atoms with E-state index in [1.807, 2.05) is 47.2 Å². The first-order chi connectivity index (χ1) is 14.6. The molecule has 1 atom stereocenters. The number of thioether (sulfide) groups is 1. The maximum Gasteiger partial charge on any atom is 0.237 e. The smallest absolute Gasteiger partial charge is 0.237 e. The molecule has 1 amide bonds. The van der Waals surface area contributed by atoms with Crippen LogP contribution in [0.4, 0.5) is 5.69 Å². The largest absolute Gasteiger partial charge is 0.322 e. The molecule has 4 rings (SSSR count). The number of anilines is 1. The van der Waals surface area contributed by atoms with Crippen LogP contribution >= 0.6 is 34.7 Å². The summed E-state index contributed by atoms with van der Waals surface area (Å²) in [6.07, 6.45) is 1.58. The van der Waals surface area contributed by atoms with Crippen molar-refractivity contribution in [3.63, 3.8) is 0 Å². The Morgan fingerprint density at radius 3 is 2.73 bits per heavy atom. The van der Waals surface area contributed by atoms with Crippen LogP contribution in [-0.2, 0) is 11.3 Å². The van der Waals surface area contributed by atoms with E-state index < -0.39 is 5.25 Å². The normalized spacial score (nSPS) is 11.9. The van der Waals surface area contributed by atoms with Crippen LogP contribution in [-0.4, -0.2) is 30.9 Å². The van der Waals surface area contributed by atoms with Gasteiger partial charge in [0.2, 0.25) is 5.91 Å². The lowest BCUT2D eigenvalue weighted by molar-refractivity contribution is -0.115. The number of halogens is 1. The second-order valence-corrected chi connectivity index (χ2v) is 9.06. The van der Waals surface area contributed by atoms with Gasteiger partial charge in [-0.3, -0.25) is 9.36 Å². The molecule has 9 heteroatoms. The predicted octanol–water partition coefficient (Wildman–Crippen LogP) is 5.22. The van der Waals surface area contributed by atoms with E-state index in [9.17, 15) is 4.79 Å². The Balaban J connectivity index is 1.57. The minimum absolute atomic E-state index is 0.179. The molecule has 4 aromatic rings. The second-order valence-electron chi connectivity index (χ2n) is 6.45. The van der Waals surface area contributed by atoms with Gasteiger partial charge in [-0.2, -0.15) is 0 Å². The quantitative estimate of drug-likeness (QED) is 0.305. The third-order valence-corrected chi connectivity index (χ3v) is 6.56. The minimum atomic E-state index is -0.406. The number of nitrogens with one attached hydrogen (secondary N) is 1. The highest BCUT2D eigenvalue weighted by Crippen LogP contribution is 2.30. The number of hydrogen-bond acceptors (Lipinski definition) is 6. The van der Waals surface area contributed by atoms with E-state index in [2.05, 4.69) is 32.6 Å². The SMILES string of the molecule is CC(Sc1nnc(-c2cccs2)n1Cc1ccccc1)C(=O)Nc1cccnc1Cl. The Morgan fingerprint density at radius 1 is 1.17 bits per heavy atom. The Kier molecular flexibility index (Phi) is 6.47. The molecule has 0 fully saturated rings. The van der Waals surface area contributed by atoms with Crippen LogP contribution in [0.15, 0.2) is 71.3 Å². The lowest BCUT2D eigenvalue weighted by Crippen LogP contribution is -2.23. The van der Waals surface area contributed by atoms with E-state index in [1.165, 1.54) is 11.8 Å². The summed E-state index contributed by atoms with van der Waals surface area (Å²) in [7, 11) is 0. The van der Waals surface area contributed by atoms with Gasteiger partial charge >= 0.3 is 0 Å². The molecule has 1 aromatic carbocycles. The van der Waals surface area contributed by atoms with Gasteiger partial charge in [-0.05, 0) is 36.1 Å². The van der Waals surface area contributed by atoms with Crippen molar-refractivity contribution in [1.82, 2.24) is 19.7 Å². The highest BCUT2D eigenvalue weighted by Gasteiger charge is 2.22. The molecule has 6 nitrogen and oxygen atoms in total. The molecular weight excluding hydrogens is 438 g/mol. The molecule has 1 unspecified atom stereocenters. The first-order valence-corrected chi connectivity index (χ1v) is 11.3. The number of carbonyl (C=O) groups excluding carboxylic acids is 1. The van der Waals surface area contributed by atoms with Crippen molar-refractivity contribution in [1.29, 1.82) is 0 Å². The van der Waals surface area contributed by atoms with E-state index >= 15 is 0 Å². The first-order valence-electron chi connectivity index (χ1n) is 9.21. The zero-order valence-electron chi connectivity index (χ0n) is 16.0. The average molecular weight is 456 g/mol. The van der Waals surface area contributed by atoms with Gasteiger partial charge in [0.1, 0.15) is 0 Å². The molecule has 0 aliphatic carbocycles. The van der Waals surface area contributed by atoms with Crippen LogP contribution in [0.1, 0.15) is 12.5 Å². The standard InChI is InChI=1S/C21H18ClN5OS2/c1-14(20(28)24-16-9-5-11-23-18(16)22)30-21-26-25-19(17-10-6-12-29-17)27(21)13-15-7-3-2-4-8-15/h2-12,14H,13H2,1H3,(H,24,28). The molecule has 0 spiro atoms. The summed E-state index contributed by atoms with van der Waals surface area (Å²) >= 11 is 9.02. The average Bonchev–Trinajstić information content (AvgIpc) is 3.41. The number of rotatable bonds is 7. The Hall–Kier alpha value is -2.68. The lowest BCUT2D eigenvalue weighted by atomic mass is 10.2. The number of hydrogen-bond donors (Lipinski definition) is 1. The third-order valence-electron chi connectivity index (χ3n) is 4.31. The van der Waals surface area contributed by atoms with Crippen molar-refractivity contribution in [2.75, 3.05) is 5.32 Å². The van der Waals surface area contributed by atoms with Crippen LogP contribution in [0, 0.1) is 0 Å². The number of thiophene rings is 1. The topological polar surface area (TPSA) is 72.7 Å². The molecule has 30 heavy (non-hydrogen) atoms. The molecule has 0 bridgehead atoms. The first kappa shape index (κ1) is 20.6. The fourth-order valence-electron chi connectivity index (χ4n) is 2.80. The number of amides is 1. The zero-order valence-corrected chi connectivity index (χ0v) is 18.4. The predicted molar refractivity (Wildman–Crippen MR) is 122 cm³/mol. The van der Waals surface area contributed by atoms with Gasteiger partial charge in [-0.25, -0.2) is 4.98 Å². The van der Waals surface area contributed by atoms with Crippen LogP contribution in [0.25, 0.3) is 10.7 Å². The molecule has 0 aliphatic heterocycles. The summed E-state index contributed by atoms with van der Waals surface area (Å²) in [5.74, 6) is 0.612. The van der Waals surface area contributed by atoms with Gasteiger partial charge in [-0.1, -0.05) is 59.8 Å². The number of aromatic nitrogens is 4. The summed E-state index contributed by atoms with van der Waals surface area (Å²) in [6.45, 7) is 2.45. The van der Waals surface area contributed by atoms with Crippen molar-refractivity contribution < 1.29 is 4.79 Å². The molecular formula is C21H18ClN5OS2. The number of nitrogens with zero attached hydrogens (tertiary/aromatic N) is 4. The molecule has 3 aromatic heterocycles. The van der Waals surface area contributed by atoms with E-state index in [-0.39, 0.29) is 11.1 Å². The van der Waals surface area contributed by atoms with E-state index in [4.69, 9.17) is 11.6 Å². The Morgan fingerprint density at radius 2 is 2.00 bits per heavy atom. The van der Waals surface area contributed by atoms with E-state index in [0.717, 1.165) is 16.3 Å². The third kappa shape index (κ3) is 4.72. The number of carbonyl (C=O) groups is 1. The van der Waals surface area contributed by atoms with Gasteiger partial charge in [-0.15, -0.1) is 21.5 Å². The summed E-state index contributed by atoms with van der Waals surface area (Å²) in [5.41, 5.74) is 1.62. The van der Waals surface area contributed by atoms with Gasteiger partial charge < -0.3 is 5.32 Å². The molecule has 0 saturated carbocycles. The molecule has 152 valence electrons. The van der Waals surface area contributed by atoms with Crippen molar-refractivity contribution in [2.45, 2.75) is 23.9 Å². The molecule has 0 radical (unpaired) electrons. The number of benzene rings is 1. The minimum Gasteiger partial charge on any atom is -0.322 e. The summed E-state index contributed by atoms with van der Waals surface area (Å²) < 4.78 is 2.05. The fraction of sp³-hybridized carbons (Fsp3) is 0.143. The lowest BCUT2D eigenvalue weighted by Gasteiger charge is -2.14. The van der Waals surface area contributed by atoms with Crippen molar-refractivity contribution in [2.24, 2.45) is 0 Å². The van der Waals surface area contributed by atoms with Gasteiger partial charge in [0.15, 0.2) is 16.1 Å². The van der Waals surface area contributed by atoms with Crippen molar-refractivity contribution >= 4 is 46.3 Å². The van der Waals surface area contributed by atoms with E-state index in [0.29, 0.717) is 17.4 Å². The monoisotopic (exact) mass is 455 g/mol. The maximum absolute atomic E-state index is 12.7. The molecule has 1 N–H and O–H groups in total. The second kappa shape index (κ2) is 9.42. The van der Waals surface area contributed by atoms with Crippen LogP contribution in [0.3, 0.4) is 0 Å². The van der Waals surface area contributed by atoms with Gasteiger partial charge in [0.25, 0.3) is 0 Å². The van der Waals surface area contributed by atoms with Gasteiger partial charge in [0, 0.05) is 6.20 Å². The highest BCUT2D eigenvalue weighted by molar-refractivity contribution is 8.00. The fourth-order valence-corrected chi connectivity index (χ4v) is 4.53. The molecule has 0 saturated heterocycles. The Bertz CT molecular complexity index is 1130. The summed E-state index contributed by atoms with van der Waals surface area (Å²) in [6, 6.07) is 17.6. The zero-order chi connectivity index (χ0) is 20.9. The van der Waals surface area contributed by atoms with E-state index in [1.54, 1.807) is 29.7 Å². The number of pyridine rings is 1. The molecule has 0 aliphatic rings. The van der Waals surface area contributed by atoms with Crippen LogP contribution in [0.2, 0.25) is 5.15 Å². The van der Waals surface area contributed by atoms with Gasteiger partial charge in [0.05, 0.1) is 22.4 Å². The van der Waals surface area contributed by atoms with Crippen molar-refractivity contribution in [3.8, 4) is 10.7 Å². The van der Waals surface area contributed by atoms with Crippen molar-refractivity contribution in [3.05, 3.63) is 76.9 Å².